The number of carboxylic acids is 1. The first-order valence-electron chi connectivity index (χ1n) is 11.1. The van der Waals surface area contributed by atoms with Gasteiger partial charge in [0.05, 0.1) is 17.9 Å². The number of carboxylic acid groups (broad SMARTS) is 1. The first kappa shape index (κ1) is 32.9. The van der Waals surface area contributed by atoms with E-state index in [2.05, 4.69) is 20.5 Å². The van der Waals surface area contributed by atoms with Crippen molar-refractivity contribution in [1.29, 1.82) is 5.41 Å². The minimum atomic E-state index is -5.08. The van der Waals surface area contributed by atoms with Gasteiger partial charge < -0.3 is 21.1 Å². The van der Waals surface area contributed by atoms with Crippen molar-refractivity contribution in [3.05, 3.63) is 57.5 Å². The monoisotopic (exact) mass is 578 g/mol. The Bertz CT molecular complexity index is 1330. The number of hydroxylamine groups is 1. The number of alkyl halides is 3. The summed E-state index contributed by atoms with van der Waals surface area (Å²) in [6, 6.07) is 7.92. The van der Waals surface area contributed by atoms with Gasteiger partial charge in [0.15, 0.2) is 0 Å². The van der Waals surface area contributed by atoms with Crippen molar-refractivity contribution in [2.45, 2.75) is 44.2 Å². The highest BCUT2D eigenvalue weighted by Gasteiger charge is 2.38. The lowest BCUT2D eigenvalue weighted by Crippen LogP contribution is -2.35. The molecule has 8 N–H and O–H groups in total. The van der Waals surface area contributed by atoms with Crippen LogP contribution in [0, 0.1) is 12.3 Å². The Hall–Kier alpha value is -4.12. The quantitative estimate of drug-likeness (QED) is 0.0934. The van der Waals surface area contributed by atoms with Crippen LogP contribution in [-0.2, 0) is 30.9 Å². The number of anilines is 1. The summed E-state index contributed by atoms with van der Waals surface area (Å²) >= 11 is 0. The number of hydrogen-bond acceptors (Lipinski definition) is 7. The Morgan fingerprint density at radius 1 is 1.21 bits per heavy atom. The van der Waals surface area contributed by atoms with Gasteiger partial charge in [0.25, 0.3) is 15.6 Å². The molecule has 0 aliphatic rings. The van der Waals surface area contributed by atoms with E-state index in [0.29, 0.717) is 5.69 Å². The number of sulfonamides is 1. The highest BCUT2D eigenvalue weighted by Crippen LogP contribution is 2.21. The molecule has 0 unspecified atom stereocenters. The van der Waals surface area contributed by atoms with E-state index >= 15 is 0 Å². The second-order valence-corrected chi connectivity index (χ2v) is 9.89. The van der Waals surface area contributed by atoms with E-state index in [1.54, 1.807) is 19.1 Å². The number of carbonyl (C=O) groups is 2. The Kier molecular flexibility index (Phi) is 11.9. The summed E-state index contributed by atoms with van der Waals surface area (Å²) in [5.41, 5.74) is 8.03. The Balaban J connectivity index is 0.000000956. The topological polar surface area (TPSA) is 217 Å². The average Bonchev–Trinajstić information content (AvgIpc) is 2.80. The zero-order chi connectivity index (χ0) is 30.0. The molecule has 2 aromatic rings. The van der Waals surface area contributed by atoms with Crippen LogP contribution in [0.25, 0.3) is 0 Å². The summed E-state index contributed by atoms with van der Waals surface area (Å²) in [7, 11) is -4.04. The fourth-order valence-corrected chi connectivity index (χ4v) is 3.94. The molecule has 13 nitrogen and oxygen atoms in total. The highest BCUT2D eigenvalue weighted by molar-refractivity contribution is 7.92. The number of guanidine groups is 1. The number of aromatic nitrogens is 1. The van der Waals surface area contributed by atoms with Crippen LogP contribution < -0.4 is 26.8 Å². The van der Waals surface area contributed by atoms with Gasteiger partial charge in [-0.2, -0.15) is 13.2 Å². The predicted molar refractivity (Wildman–Crippen MR) is 135 cm³/mol. The van der Waals surface area contributed by atoms with Crippen LogP contribution >= 0.6 is 0 Å². The van der Waals surface area contributed by atoms with Crippen LogP contribution in [0.5, 0.6) is 0 Å². The van der Waals surface area contributed by atoms with Gasteiger partial charge in [-0.1, -0.05) is 26.0 Å². The maximum Gasteiger partial charge on any atom is 0.490 e. The summed E-state index contributed by atoms with van der Waals surface area (Å²) in [6.45, 7) is 5.79. The second-order valence-electron chi connectivity index (χ2n) is 8.20. The summed E-state index contributed by atoms with van der Waals surface area (Å²) in [6.07, 6.45) is -5.31. The smallest absolute Gasteiger partial charge is 0.475 e. The Morgan fingerprint density at radius 3 is 2.26 bits per heavy atom. The zero-order valence-electron chi connectivity index (χ0n) is 21.1. The molecule has 0 saturated carbocycles. The number of aliphatic carboxylic acids is 1. The third-order valence-corrected chi connectivity index (χ3v) is 6.01. The molecule has 0 radical (unpaired) electrons. The summed E-state index contributed by atoms with van der Waals surface area (Å²) in [5, 5.41) is 16.7. The van der Waals surface area contributed by atoms with Crippen LogP contribution in [0.4, 0.5) is 18.9 Å². The van der Waals surface area contributed by atoms with Gasteiger partial charge in [0.2, 0.25) is 11.9 Å². The molecule has 1 heterocycles. The van der Waals surface area contributed by atoms with E-state index in [0.717, 1.165) is 5.56 Å². The summed E-state index contributed by atoms with van der Waals surface area (Å²) < 4.78 is 59.7. The van der Waals surface area contributed by atoms with E-state index < -0.39 is 33.6 Å². The van der Waals surface area contributed by atoms with Crippen LogP contribution in [-0.4, -0.2) is 55.7 Å². The van der Waals surface area contributed by atoms with Gasteiger partial charge in [0.1, 0.15) is 5.69 Å². The molecule has 1 amide bonds. The number of carbonyl (C=O) groups excluding carboxylic acids is 1. The number of benzene rings is 1. The lowest BCUT2D eigenvalue weighted by molar-refractivity contribution is -0.192. The summed E-state index contributed by atoms with van der Waals surface area (Å²) in [4.78, 5) is 41.0. The third-order valence-electron chi connectivity index (χ3n) is 4.65. The molecule has 0 spiro atoms. The van der Waals surface area contributed by atoms with Gasteiger partial charge in [-0.05, 0) is 42.2 Å². The minimum Gasteiger partial charge on any atom is -0.475 e. The van der Waals surface area contributed by atoms with E-state index in [-0.39, 0.29) is 47.6 Å². The lowest BCUT2D eigenvalue weighted by atomic mass is 10.0. The molecule has 1 aromatic carbocycles. The molecule has 0 aliphatic heterocycles. The second kappa shape index (κ2) is 14.1. The Labute approximate surface area is 221 Å². The maximum atomic E-state index is 12.8. The van der Waals surface area contributed by atoms with Crippen molar-refractivity contribution in [3.63, 3.8) is 0 Å². The van der Waals surface area contributed by atoms with Gasteiger partial charge in [-0.25, -0.2) is 18.7 Å². The number of H-pyrrole nitrogens is 1. The highest BCUT2D eigenvalue weighted by atomic mass is 32.2. The van der Waals surface area contributed by atoms with Crippen molar-refractivity contribution in [2.75, 3.05) is 17.9 Å². The number of pyridine rings is 1. The largest absolute Gasteiger partial charge is 0.490 e. The van der Waals surface area contributed by atoms with Crippen molar-refractivity contribution in [3.8, 4) is 0 Å². The number of nitrogens with two attached hydrogens (primary N) is 1. The minimum absolute atomic E-state index is 0.00685. The molecule has 0 bridgehead atoms. The molecule has 17 heteroatoms. The number of halogens is 3. The predicted octanol–water partition coefficient (Wildman–Crippen LogP) is 1.31. The molecule has 216 valence electrons. The summed E-state index contributed by atoms with van der Waals surface area (Å²) in [5.74, 6) is -3.32. The number of aryl methyl sites for hydroxylation is 1. The van der Waals surface area contributed by atoms with E-state index in [9.17, 15) is 31.2 Å². The maximum absolute atomic E-state index is 12.8. The molecule has 2 rings (SSSR count). The van der Waals surface area contributed by atoms with Crippen molar-refractivity contribution < 1.29 is 41.1 Å². The lowest BCUT2D eigenvalue weighted by Gasteiger charge is -2.14. The van der Waals surface area contributed by atoms with Crippen LogP contribution in [0.15, 0.2) is 40.0 Å². The first-order chi connectivity index (χ1) is 17.9. The number of amides is 1. The normalized spacial score (nSPS) is 11.3. The Morgan fingerprint density at radius 2 is 1.77 bits per heavy atom. The van der Waals surface area contributed by atoms with Gasteiger partial charge in [0, 0.05) is 12.2 Å². The number of hydrogen-bond donors (Lipinski definition) is 7. The van der Waals surface area contributed by atoms with Crippen molar-refractivity contribution >= 4 is 33.5 Å². The number of aromatic amines is 1. The van der Waals surface area contributed by atoms with Gasteiger partial charge in [-0.3, -0.25) is 24.6 Å². The average molecular weight is 579 g/mol. The molecule has 39 heavy (non-hydrogen) atoms. The van der Waals surface area contributed by atoms with E-state index in [1.807, 2.05) is 13.8 Å². The number of rotatable bonds is 10. The van der Waals surface area contributed by atoms with Crippen molar-refractivity contribution in [2.24, 2.45) is 5.73 Å². The molecule has 1 aromatic heterocycles. The molecule has 0 aliphatic carbocycles. The van der Waals surface area contributed by atoms with Gasteiger partial charge in [-0.15, -0.1) is 0 Å². The molecule has 0 saturated heterocycles. The van der Waals surface area contributed by atoms with Crippen LogP contribution in [0.3, 0.4) is 0 Å². The van der Waals surface area contributed by atoms with Crippen LogP contribution in [0.2, 0.25) is 0 Å². The van der Waals surface area contributed by atoms with Crippen molar-refractivity contribution in [1.82, 2.24) is 15.8 Å². The SMILES string of the molecule is Cc1cc(CC(=O)NCCONC(=N)N)c(NS(=O)(=O)c2ccc(C(C)C)cc2)c(=O)[nH]1.O=C(O)C(F)(F)F. The number of nitrogens with one attached hydrogen (secondary N) is 5. The molecule has 0 atom stereocenters. The first-order valence-corrected chi connectivity index (χ1v) is 12.6. The zero-order valence-corrected chi connectivity index (χ0v) is 21.9. The standard InChI is InChI=1S/C20H28N6O5S.C2HF3O2/c1-12(2)14-4-6-16(7-5-14)32(29,30)26-18-15(10-13(3)24-19(18)28)11-17(27)23-8-9-31-25-20(21)22;3-2(4,5)1(6)7/h4-7,10,12,26H,8-9,11H2,1-3H3,(H,23,27)(H,24,28)(H4,21,22,25);(H,6,7). The fourth-order valence-electron chi connectivity index (χ4n) is 2.84. The fraction of sp³-hybridized carbons (Fsp3) is 0.364. The molecule has 0 fully saturated rings. The molecular weight excluding hydrogens is 549 g/mol. The van der Waals surface area contributed by atoms with Gasteiger partial charge >= 0.3 is 12.1 Å². The van der Waals surface area contributed by atoms with Crippen LogP contribution in [0.1, 0.15) is 36.6 Å². The van der Waals surface area contributed by atoms with E-state index in [1.165, 1.54) is 18.2 Å². The van der Waals surface area contributed by atoms with E-state index in [4.69, 9.17) is 25.9 Å². The third kappa shape index (κ3) is 11.4. The molecular formula is C22H29F3N6O7S.